The zero-order chi connectivity index (χ0) is 7.28. The minimum Gasteiger partial charge on any atom is -0.361 e. The summed E-state index contributed by atoms with van der Waals surface area (Å²) in [6, 6.07) is 0. The van der Waals surface area contributed by atoms with Crippen LogP contribution >= 0.6 is 0 Å². The van der Waals surface area contributed by atoms with Gasteiger partial charge in [-0.3, -0.25) is 4.79 Å². The lowest BCUT2D eigenvalue weighted by atomic mass is 10.5. The molecule has 0 unspecified atom stereocenters. The Labute approximate surface area is 58.3 Å². The molecular weight excluding hydrogens is 130 g/mol. The van der Waals surface area contributed by atoms with Crippen molar-refractivity contribution in [2.45, 2.75) is 26.4 Å². The Bertz CT molecular complexity index is 93.1. The first kappa shape index (κ1) is 8.69. The van der Waals surface area contributed by atoms with Gasteiger partial charge in [-0.1, -0.05) is 20.0 Å². The summed E-state index contributed by atoms with van der Waals surface area (Å²) in [6.07, 6.45) is 1.03. The summed E-state index contributed by atoms with van der Waals surface area (Å²) in [5, 5.41) is 2.84. The van der Waals surface area contributed by atoms with Crippen molar-refractivity contribution in [2.75, 3.05) is 6.54 Å². The van der Waals surface area contributed by atoms with Crippen LogP contribution in [0.5, 0.6) is 0 Å². The van der Waals surface area contributed by atoms with Crippen LogP contribution in [0, 0.1) is 0 Å². The summed E-state index contributed by atoms with van der Waals surface area (Å²) in [7, 11) is -0.735. The minimum absolute atomic E-state index is 0.252. The Balaban J connectivity index is 3.28. The first-order chi connectivity index (χ1) is 4.18. The molecule has 3 heteroatoms. The fourth-order valence-corrected chi connectivity index (χ4v) is 0.894. The second-order valence-electron chi connectivity index (χ2n) is 2.26. The van der Waals surface area contributed by atoms with Gasteiger partial charge in [-0.05, 0) is 6.42 Å². The normalized spacial score (nSPS) is 9.78. The lowest BCUT2D eigenvalue weighted by Gasteiger charge is -2.03. The Morgan fingerprint density at radius 2 is 2.11 bits per heavy atom. The van der Waals surface area contributed by atoms with E-state index in [1.165, 1.54) is 0 Å². The topological polar surface area (TPSA) is 29.1 Å². The van der Waals surface area contributed by atoms with Crippen molar-refractivity contribution in [2.24, 2.45) is 0 Å². The van der Waals surface area contributed by atoms with Gasteiger partial charge >= 0.3 is 0 Å². The molecule has 0 heterocycles. The maximum Gasteiger partial charge on any atom is 0.189 e. The molecule has 0 saturated carbocycles. The molecule has 0 aromatic carbocycles. The van der Waals surface area contributed by atoms with E-state index in [9.17, 15) is 4.79 Å². The van der Waals surface area contributed by atoms with Crippen molar-refractivity contribution >= 4 is 14.3 Å². The van der Waals surface area contributed by atoms with Gasteiger partial charge in [0.05, 0.1) is 0 Å². The van der Waals surface area contributed by atoms with E-state index in [0.29, 0.717) is 0 Å². The molecule has 0 atom stereocenters. The highest BCUT2D eigenvalue weighted by atomic mass is 28.3. The molecule has 53 valence electrons. The van der Waals surface area contributed by atoms with Crippen LogP contribution in [0.3, 0.4) is 0 Å². The van der Waals surface area contributed by atoms with Gasteiger partial charge in [-0.2, -0.15) is 0 Å². The zero-order valence-corrected chi connectivity index (χ0v) is 7.32. The lowest BCUT2D eigenvalue weighted by molar-refractivity contribution is 0.258. The van der Waals surface area contributed by atoms with Crippen LogP contribution in [0.1, 0.15) is 13.3 Å². The minimum atomic E-state index is -0.735. The van der Waals surface area contributed by atoms with Crippen molar-refractivity contribution in [1.29, 1.82) is 0 Å². The Morgan fingerprint density at radius 1 is 1.56 bits per heavy atom. The zero-order valence-electron chi connectivity index (χ0n) is 6.32. The summed E-state index contributed by atoms with van der Waals surface area (Å²) in [5.41, 5.74) is 0.252. The lowest BCUT2D eigenvalue weighted by Crippen LogP contribution is -2.32. The molecule has 0 fully saturated rings. The number of nitrogens with one attached hydrogen (secondary N) is 1. The predicted octanol–water partition coefficient (Wildman–Crippen LogP) is 1.44. The van der Waals surface area contributed by atoms with E-state index in [4.69, 9.17) is 0 Å². The SMILES string of the molecule is CCCNC(=O)[Si](C)C. The molecule has 1 N–H and O–H groups in total. The van der Waals surface area contributed by atoms with Crippen molar-refractivity contribution in [3.8, 4) is 0 Å². The van der Waals surface area contributed by atoms with E-state index in [1.54, 1.807) is 0 Å². The number of carbonyl (C=O) groups excluding carboxylic acids is 1. The van der Waals surface area contributed by atoms with Crippen LogP contribution in [0.2, 0.25) is 13.1 Å². The van der Waals surface area contributed by atoms with Crippen molar-refractivity contribution in [1.82, 2.24) is 5.32 Å². The van der Waals surface area contributed by atoms with Crippen molar-refractivity contribution in [3.63, 3.8) is 0 Å². The molecule has 9 heavy (non-hydrogen) atoms. The highest BCUT2D eigenvalue weighted by Gasteiger charge is 2.05. The van der Waals surface area contributed by atoms with Gasteiger partial charge in [0.15, 0.2) is 14.3 Å². The van der Waals surface area contributed by atoms with Crippen LogP contribution in [-0.2, 0) is 0 Å². The third kappa shape index (κ3) is 4.21. The third-order valence-corrected chi connectivity index (χ3v) is 2.07. The van der Waals surface area contributed by atoms with Gasteiger partial charge in [0, 0.05) is 6.54 Å². The monoisotopic (exact) mass is 144 g/mol. The van der Waals surface area contributed by atoms with Crippen LogP contribution < -0.4 is 5.32 Å². The molecule has 2 nitrogen and oxygen atoms in total. The van der Waals surface area contributed by atoms with Gasteiger partial charge in [0.1, 0.15) is 0 Å². The van der Waals surface area contributed by atoms with E-state index >= 15 is 0 Å². The quantitative estimate of drug-likeness (QED) is 0.597. The summed E-state index contributed by atoms with van der Waals surface area (Å²) in [6.45, 7) is 6.87. The van der Waals surface area contributed by atoms with E-state index in [-0.39, 0.29) is 5.53 Å². The average Bonchev–Trinajstić information content (AvgIpc) is 1.82. The summed E-state index contributed by atoms with van der Waals surface area (Å²) >= 11 is 0. The summed E-state index contributed by atoms with van der Waals surface area (Å²) < 4.78 is 0. The van der Waals surface area contributed by atoms with Gasteiger partial charge in [-0.15, -0.1) is 0 Å². The molecule has 0 saturated heterocycles. The molecule has 0 aromatic heterocycles. The van der Waals surface area contributed by atoms with Crippen LogP contribution in [-0.4, -0.2) is 20.9 Å². The molecule has 1 radical (unpaired) electrons. The standard InChI is InChI=1S/C6H14NOSi/c1-4-5-7-6(8)9(2)3/h4-5H2,1-3H3,(H,7,8). The molecule has 0 aliphatic carbocycles. The maximum absolute atomic E-state index is 10.8. The number of carbonyl (C=O) groups is 1. The number of hydrogen-bond acceptors (Lipinski definition) is 1. The van der Waals surface area contributed by atoms with Crippen molar-refractivity contribution in [3.05, 3.63) is 0 Å². The van der Waals surface area contributed by atoms with Gasteiger partial charge in [0.25, 0.3) is 0 Å². The fraction of sp³-hybridized carbons (Fsp3) is 0.833. The number of hydrogen-bond donors (Lipinski definition) is 1. The van der Waals surface area contributed by atoms with Crippen LogP contribution in [0.4, 0.5) is 4.79 Å². The van der Waals surface area contributed by atoms with Gasteiger partial charge < -0.3 is 5.32 Å². The molecule has 0 spiro atoms. The van der Waals surface area contributed by atoms with Gasteiger partial charge in [0.2, 0.25) is 0 Å². The highest BCUT2D eigenvalue weighted by molar-refractivity contribution is 6.87. The van der Waals surface area contributed by atoms with Crippen LogP contribution in [0.25, 0.3) is 0 Å². The maximum atomic E-state index is 10.8. The predicted molar refractivity (Wildman–Crippen MR) is 41.2 cm³/mol. The Morgan fingerprint density at radius 3 is 2.44 bits per heavy atom. The highest BCUT2D eigenvalue weighted by Crippen LogP contribution is 1.81. The fourth-order valence-electron chi connectivity index (χ4n) is 0.415. The largest absolute Gasteiger partial charge is 0.361 e. The average molecular weight is 144 g/mol. The second kappa shape index (κ2) is 4.55. The van der Waals surface area contributed by atoms with E-state index in [1.807, 2.05) is 13.1 Å². The Kier molecular flexibility index (Phi) is 4.40. The molecule has 0 aromatic rings. The molecule has 0 aliphatic heterocycles. The Hall–Kier alpha value is -0.313. The first-order valence-electron chi connectivity index (χ1n) is 3.26. The molecule has 1 amide bonds. The first-order valence-corrected chi connectivity index (χ1v) is 5.76. The van der Waals surface area contributed by atoms with Crippen LogP contribution in [0.15, 0.2) is 0 Å². The molecule has 0 aliphatic rings. The van der Waals surface area contributed by atoms with E-state index < -0.39 is 8.80 Å². The number of amides is 1. The molecular formula is C6H14NOSi. The number of rotatable bonds is 3. The molecule has 0 bridgehead atoms. The molecule has 0 rings (SSSR count). The van der Waals surface area contributed by atoms with E-state index in [0.717, 1.165) is 13.0 Å². The third-order valence-electron chi connectivity index (χ3n) is 0.990. The summed E-state index contributed by atoms with van der Waals surface area (Å²) in [5.74, 6) is 0. The van der Waals surface area contributed by atoms with Crippen molar-refractivity contribution < 1.29 is 4.79 Å². The second-order valence-corrected chi connectivity index (χ2v) is 4.71. The summed E-state index contributed by atoms with van der Waals surface area (Å²) in [4.78, 5) is 10.8. The van der Waals surface area contributed by atoms with E-state index in [2.05, 4.69) is 12.2 Å². The van der Waals surface area contributed by atoms with Gasteiger partial charge in [-0.25, -0.2) is 0 Å². The smallest absolute Gasteiger partial charge is 0.189 e.